The maximum atomic E-state index is 5.08. The van der Waals surface area contributed by atoms with E-state index in [1.54, 1.807) is 5.57 Å². The number of aryl methyl sites for hydroxylation is 2. The minimum absolute atomic E-state index is 0.694. The van der Waals surface area contributed by atoms with E-state index < -0.39 is 0 Å². The van der Waals surface area contributed by atoms with Crippen LogP contribution in [0.5, 0.6) is 0 Å². The minimum atomic E-state index is 0.694. The van der Waals surface area contributed by atoms with E-state index in [9.17, 15) is 0 Å². The summed E-state index contributed by atoms with van der Waals surface area (Å²) in [6.45, 7) is 0. The number of fused-ring (bicyclic) bond motifs is 1. The molecule has 192 valence electrons. The van der Waals surface area contributed by atoms with Crippen molar-refractivity contribution in [3.8, 4) is 34.0 Å². The molecule has 0 saturated carbocycles. The van der Waals surface area contributed by atoms with Gasteiger partial charge < -0.3 is 0 Å². The van der Waals surface area contributed by atoms with Crippen LogP contribution in [0.2, 0.25) is 0 Å². The van der Waals surface area contributed by atoms with Crippen LogP contribution >= 0.6 is 0 Å². The summed E-state index contributed by atoms with van der Waals surface area (Å²) in [6, 6.07) is 19.4. The molecule has 0 bridgehead atoms. The van der Waals surface area contributed by atoms with E-state index in [1.807, 2.05) is 6.20 Å². The van der Waals surface area contributed by atoms with Gasteiger partial charge >= 0.3 is 0 Å². The molecule has 3 aliphatic carbocycles. The predicted molar refractivity (Wildman–Crippen MR) is 161 cm³/mol. The zero-order chi connectivity index (χ0) is 26.2. The summed E-state index contributed by atoms with van der Waals surface area (Å²) in [5.74, 6) is 2.27. The molecule has 0 amide bonds. The molecule has 4 aromatic rings. The first-order chi connectivity index (χ1) is 19.2. The Morgan fingerprint density at radius 1 is 0.564 bits per heavy atom. The third kappa shape index (κ3) is 4.98. The third-order valence-electron chi connectivity index (χ3n) is 8.57. The second-order valence-electron chi connectivity index (χ2n) is 11.3. The van der Waals surface area contributed by atoms with Crippen LogP contribution in [0, 0.1) is 0 Å². The number of aromatic nitrogens is 4. The van der Waals surface area contributed by atoms with Crippen molar-refractivity contribution >= 4 is 18.9 Å². The van der Waals surface area contributed by atoms with E-state index in [0.717, 1.165) is 53.3 Å². The minimum Gasteiger partial charge on any atom is -0.255 e. The Morgan fingerprint density at radius 3 is 2.08 bits per heavy atom. The summed E-state index contributed by atoms with van der Waals surface area (Å²) in [5.41, 5.74) is 12.6. The standard InChI is InChI=1S/C34H33BN4/c35-30-16-13-24(14-17-30)31-18-15-29(21-36-31)34-38-32(27-11-9-22-5-1-3-7-25(22)19-27)37-33(39-34)28-12-10-23-6-2-4-8-26(23)20-28/h9,11,13-21H,1-8,10,12,35H2. The second kappa shape index (κ2) is 10.4. The average Bonchev–Trinajstić information content (AvgIpc) is 3.01. The van der Waals surface area contributed by atoms with Crippen molar-refractivity contribution in [2.45, 2.75) is 64.2 Å². The molecule has 5 heteroatoms. The molecule has 0 spiro atoms. The normalized spacial score (nSPS) is 16.9. The first-order valence-corrected chi connectivity index (χ1v) is 14.5. The Kier molecular flexibility index (Phi) is 6.44. The van der Waals surface area contributed by atoms with Crippen molar-refractivity contribution in [3.05, 3.63) is 95.0 Å². The van der Waals surface area contributed by atoms with Crippen molar-refractivity contribution in [1.82, 2.24) is 19.9 Å². The molecular formula is C34H33BN4. The number of allylic oxidation sites excluding steroid dienone is 4. The van der Waals surface area contributed by atoms with Gasteiger partial charge in [-0.15, -0.1) is 0 Å². The molecule has 39 heavy (non-hydrogen) atoms. The zero-order valence-electron chi connectivity index (χ0n) is 22.7. The molecule has 3 aliphatic rings. The molecule has 0 unspecified atom stereocenters. The van der Waals surface area contributed by atoms with Gasteiger partial charge in [0.2, 0.25) is 0 Å². The Balaban J connectivity index is 1.31. The summed E-state index contributed by atoms with van der Waals surface area (Å²) in [4.78, 5) is 19.9. The van der Waals surface area contributed by atoms with Gasteiger partial charge in [0.05, 0.1) is 5.69 Å². The monoisotopic (exact) mass is 508 g/mol. The van der Waals surface area contributed by atoms with Crippen LogP contribution in [0.1, 0.15) is 68.3 Å². The maximum Gasteiger partial charge on any atom is 0.165 e. The highest BCUT2D eigenvalue weighted by Gasteiger charge is 2.21. The molecule has 2 heterocycles. The maximum absolute atomic E-state index is 5.08. The summed E-state index contributed by atoms with van der Waals surface area (Å²) in [7, 11) is 2.10. The lowest BCUT2D eigenvalue weighted by Gasteiger charge is -2.24. The van der Waals surface area contributed by atoms with E-state index in [0.29, 0.717) is 5.82 Å². The zero-order valence-corrected chi connectivity index (χ0v) is 22.7. The van der Waals surface area contributed by atoms with Gasteiger partial charge in [-0.25, -0.2) is 15.0 Å². The average molecular weight is 508 g/mol. The molecule has 4 nitrogen and oxygen atoms in total. The molecule has 0 atom stereocenters. The highest BCUT2D eigenvalue weighted by Crippen LogP contribution is 2.37. The SMILES string of the molecule is Bc1ccc(-c2ccc(-c3nc(C4=CC5=C(CCCC5)CC4)nc(-c4ccc5c(c4)CCCC5)n3)cn2)cc1. The van der Waals surface area contributed by atoms with E-state index in [4.69, 9.17) is 19.9 Å². The van der Waals surface area contributed by atoms with Crippen LogP contribution < -0.4 is 5.46 Å². The van der Waals surface area contributed by atoms with Crippen molar-refractivity contribution in [2.75, 3.05) is 0 Å². The topological polar surface area (TPSA) is 51.6 Å². The van der Waals surface area contributed by atoms with Crippen LogP contribution in [-0.2, 0) is 12.8 Å². The molecule has 0 aliphatic heterocycles. The Hall–Kier alpha value is -3.86. The molecule has 2 aromatic carbocycles. The number of nitrogens with zero attached hydrogens (tertiary/aromatic N) is 4. The number of hydrogen-bond acceptors (Lipinski definition) is 4. The predicted octanol–water partition coefficient (Wildman–Crippen LogP) is 6.45. The van der Waals surface area contributed by atoms with Crippen LogP contribution in [-0.4, -0.2) is 27.8 Å². The lowest BCUT2D eigenvalue weighted by molar-refractivity contribution is 0.652. The lowest BCUT2D eigenvalue weighted by atomic mass is 9.83. The van der Waals surface area contributed by atoms with E-state index >= 15 is 0 Å². The number of benzene rings is 2. The van der Waals surface area contributed by atoms with E-state index in [-0.39, 0.29) is 0 Å². The number of pyridine rings is 1. The first-order valence-electron chi connectivity index (χ1n) is 14.5. The fourth-order valence-electron chi connectivity index (χ4n) is 6.27. The fraction of sp³-hybridized carbons (Fsp3) is 0.294. The van der Waals surface area contributed by atoms with Gasteiger partial charge in [-0.05, 0) is 105 Å². The Bertz CT molecular complexity index is 1600. The van der Waals surface area contributed by atoms with Gasteiger partial charge in [-0.1, -0.05) is 53.5 Å². The molecule has 0 radical (unpaired) electrons. The van der Waals surface area contributed by atoms with Crippen molar-refractivity contribution in [2.24, 2.45) is 0 Å². The third-order valence-corrected chi connectivity index (χ3v) is 8.57. The van der Waals surface area contributed by atoms with Crippen molar-refractivity contribution in [3.63, 3.8) is 0 Å². The molecule has 7 rings (SSSR count). The summed E-state index contributed by atoms with van der Waals surface area (Å²) >= 11 is 0. The molecule has 2 aromatic heterocycles. The number of rotatable bonds is 4. The quantitative estimate of drug-likeness (QED) is 0.297. The first kappa shape index (κ1) is 24.2. The fourth-order valence-corrected chi connectivity index (χ4v) is 6.27. The summed E-state index contributed by atoms with van der Waals surface area (Å²) in [6.07, 6.45) is 16.3. The van der Waals surface area contributed by atoms with Gasteiger partial charge in [0.1, 0.15) is 7.85 Å². The smallest absolute Gasteiger partial charge is 0.165 e. The van der Waals surface area contributed by atoms with Crippen LogP contribution in [0.15, 0.2) is 78.0 Å². The Morgan fingerprint density at radius 2 is 1.26 bits per heavy atom. The molecule has 0 N–H and O–H groups in total. The second-order valence-corrected chi connectivity index (χ2v) is 11.3. The molecular weight excluding hydrogens is 475 g/mol. The summed E-state index contributed by atoms with van der Waals surface area (Å²) in [5, 5.41) is 0. The van der Waals surface area contributed by atoms with Crippen molar-refractivity contribution in [1.29, 1.82) is 0 Å². The van der Waals surface area contributed by atoms with E-state index in [1.165, 1.54) is 72.7 Å². The van der Waals surface area contributed by atoms with Gasteiger partial charge in [0.25, 0.3) is 0 Å². The van der Waals surface area contributed by atoms with Gasteiger partial charge in [0.15, 0.2) is 17.5 Å². The highest BCUT2D eigenvalue weighted by molar-refractivity contribution is 6.32. The van der Waals surface area contributed by atoms with Crippen LogP contribution in [0.4, 0.5) is 0 Å². The van der Waals surface area contributed by atoms with Crippen LogP contribution in [0.25, 0.3) is 39.6 Å². The van der Waals surface area contributed by atoms with Gasteiger partial charge in [-0.3, -0.25) is 4.98 Å². The van der Waals surface area contributed by atoms with Gasteiger partial charge in [-0.2, -0.15) is 0 Å². The molecule has 0 fully saturated rings. The van der Waals surface area contributed by atoms with E-state index in [2.05, 4.69) is 68.5 Å². The van der Waals surface area contributed by atoms with Crippen LogP contribution in [0.3, 0.4) is 0 Å². The van der Waals surface area contributed by atoms with Crippen molar-refractivity contribution < 1.29 is 0 Å². The lowest BCUT2D eigenvalue weighted by Crippen LogP contribution is -2.08. The molecule has 0 saturated heterocycles. The summed E-state index contributed by atoms with van der Waals surface area (Å²) < 4.78 is 0. The number of hydrogen-bond donors (Lipinski definition) is 0. The largest absolute Gasteiger partial charge is 0.255 e. The highest BCUT2D eigenvalue weighted by atomic mass is 15.0. The van der Waals surface area contributed by atoms with Gasteiger partial charge in [0, 0.05) is 22.9 Å². The Labute approximate surface area is 231 Å².